The Kier molecular flexibility index (Phi) is 11.9. The quantitative estimate of drug-likeness (QED) is 0.102. The van der Waals surface area contributed by atoms with Crippen molar-refractivity contribution in [3.8, 4) is 0 Å². The Labute approximate surface area is 238 Å². The van der Waals surface area contributed by atoms with Gasteiger partial charge in [-0.15, -0.1) is 11.8 Å². The van der Waals surface area contributed by atoms with Gasteiger partial charge in [0, 0.05) is 46.7 Å². The van der Waals surface area contributed by atoms with Crippen LogP contribution in [0, 0.1) is 16.0 Å². The molecule has 1 aliphatic rings. The van der Waals surface area contributed by atoms with Crippen molar-refractivity contribution in [3.05, 3.63) is 81.0 Å². The largest absolute Gasteiger partial charge is 0.465 e. The summed E-state index contributed by atoms with van der Waals surface area (Å²) >= 11 is 1.67. The lowest BCUT2D eigenvalue weighted by atomic mass is 9.75. The molecule has 0 spiro atoms. The van der Waals surface area contributed by atoms with Crippen molar-refractivity contribution in [2.45, 2.75) is 57.3 Å². The number of aliphatic hydroxyl groups excluding tert-OH is 1. The zero-order valence-electron chi connectivity index (χ0n) is 23.1. The molecule has 0 saturated carbocycles. The first kappa shape index (κ1) is 31.0. The Bertz CT molecular complexity index is 1260. The lowest BCUT2D eigenvalue weighted by Crippen LogP contribution is -2.36. The third-order valence-corrected chi connectivity index (χ3v) is 7.71. The SMILES string of the molecule is CCOC(=O)C1C(C)=NC(C)=C(C(=O)OCCCSc2ccc(CCCCO)cc2)C1c1cccc([N+](=O)[O-])c1. The highest BCUT2D eigenvalue weighted by atomic mass is 32.2. The molecule has 0 aliphatic carbocycles. The summed E-state index contributed by atoms with van der Waals surface area (Å²) in [4.78, 5) is 42.9. The number of thioether (sulfide) groups is 1. The van der Waals surface area contributed by atoms with Gasteiger partial charge in [0.1, 0.15) is 5.92 Å². The van der Waals surface area contributed by atoms with Gasteiger partial charge in [0.2, 0.25) is 0 Å². The summed E-state index contributed by atoms with van der Waals surface area (Å²) in [6.45, 7) is 5.60. The molecule has 2 aromatic carbocycles. The van der Waals surface area contributed by atoms with Crippen LogP contribution in [-0.4, -0.2) is 53.3 Å². The first-order valence-electron chi connectivity index (χ1n) is 13.4. The number of aliphatic hydroxyl groups is 1. The van der Waals surface area contributed by atoms with Crippen molar-refractivity contribution in [1.82, 2.24) is 0 Å². The van der Waals surface area contributed by atoms with Crippen LogP contribution in [0.3, 0.4) is 0 Å². The number of aliphatic imine (C=N–C) groups is 1. The van der Waals surface area contributed by atoms with Crippen molar-refractivity contribution >= 4 is 35.1 Å². The number of carbonyl (C=O) groups excluding carboxylic acids is 2. The van der Waals surface area contributed by atoms with Gasteiger partial charge in [-0.05, 0) is 69.7 Å². The van der Waals surface area contributed by atoms with Crippen LogP contribution in [0.5, 0.6) is 0 Å². The summed E-state index contributed by atoms with van der Waals surface area (Å²) in [7, 11) is 0. The highest BCUT2D eigenvalue weighted by molar-refractivity contribution is 7.99. The number of esters is 2. The molecule has 0 saturated heterocycles. The minimum Gasteiger partial charge on any atom is -0.465 e. The van der Waals surface area contributed by atoms with Crippen LogP contribution in [0.15, 0.2) is 69.7 Å². The third-order valence-electron chi connectivity index (χ3n) is 6.62. The van der Waals surface area contributed by atoms with Gasteiger partial charge >= 0.3 is 11.9 Å². The lowest BCUT2D eigenvalue weighted by Gasteiger charge is -2.31. The number of non-ortho nitro benzene ring substituents is 1. The first-order chi connectivity index (χ1) is 19.3. The zero-order chi connectivity index (χ0) is 29.1. The summed E-state index contributed by atoms with van der Waals surface area (Å²) in [5.74, 6) is -2.14. The summed E-state index contributed by atoms with van der Waals surface area (Å²) in [6.07, 6.45) is 3.31. The summed E-state index contributed by atoms with van der Waals surface area (Å²) < 4.78 is 10.9. The molecule has 0 radical (unpaired) electrons. The van der Waals surface area contributed by atoms with E-state index >= 15 is 0 Å². The number of nitro groups is 1. The molecule has 2 atom stereocenters. The molecule has 10 heteroatoms. The first-order valence-corrected chi connectivity index (χ1v) is 14.4. The molecule has 40 heavy (non-hydrogen) atoms. The van der Waals surface area contributed by atoms with Crippen LogP contribution >= 0.6 is 11.8 Å². The minimum absolute atomic E-state index is 0.138. The van der Waals surface area contributed by atoms with Crippen molar-refractivity contribution in [1.29, 1.82) is 0 Å². The summed E-state index contributed by atoms with van der Waals surface area (Å²) in [6, 6.07) is 14.3. The van der Waals surface area contributed by atoms with Crippen molar-refractivity contribution in [2.75, 3.05) is 25.6 Å². The van der Waals surface area contributed by atoms with Crippen molar-refractivity contribution in [2.24, 2.45) is 10.9 Å². The number of hydrogen-bond donors (Lipinski definition) is 1. The Balaban J connectivity index is 1.69. The molecule has 2 unspecified atom stereocenters. The highest BCUT2D eigenvalue weighted by Gasteiger charge is 2.42. The fraction of sp³-hybridized carbons (Fsp3) is 0.433. The average molecular weight is 569 g/mol. The number of rotatable bonds is 14. The predicted molar refractivity (Wildman–Crippen MR) is 155 cm³/mol. The summed E-state index contributed by atoms with van der Waals surface area (Å²) in [5, 5.41) is 20.4. The molecule has 1 N–H and O–H groups in total. The van der Waals surface area contributed by atoms with Gasteiger partial charge in [0.15, 0.2) is 0 Å². The number of aryl methyl sites for hydroxylation is 1. The Morgan fingerprint density at radius 1 is 1.07 bits per heavy atom. The maximum absolute atomic E-state index is 13.4. The molecule has 1 heterocycles. The second-order valence-corrected chi connectivity index (χ2v) is 10.6. The number of unbranched alkanes of at least 4 members (excludes halogenated alkanes) is 1. The number of benzene rings is 2. The normalized spacial score (nSPS) is 16.9. The van der Waals surface area contributed by atoms with E-state index in [4.69, 9.17) is 14.6 Å². The van der Waals surface area contributed by atoms with E-state index in [-0.39, 0.29) is 31.1 Å². The second kappa shape index (κ2) is 15.3. The fourth-order valence-electron chi connectivity index (χ4n) is 4.72. The Hall–Kier alpha value is -3.50. The molecule has 0 bridgehead atoms. The van der Waals surface area contributed by atoms with E-state index in [9.17, 15) is 19.7 Å². The van der Waals surface area contributed by atoms with Gasteiger partial charge in [-0.1, -0.05) is 24.3 Å². The number of hydrogen-bond acceptors (Lipinski definition) is 9. The van der Waals surface area contributed by atoms with Crippen LogP contribution in [0.2, 0.25) is 0 Å². The standard InChI is InChI=1S/C30H36N2O7S/c1-4-38-29(34)26-20(2)31-21(3)27(28(26)23-10-7-11-24(19-23)32(36)37)30(35)39-17-8-18-40-25-14-12-22(13-15-25)9-5-6-16-33/h7,10-15,19,26,28,33H,4-6,8-9,16-18H2,1-3H3. The monoisotopic (exact) mass is 568 g/mol. The van der Waals surface area contributed by atoms with Crippen LogP contribution in [0.25, 0.3) is 0 Å². The van der Waals surface area contributed by atoms with Crippen molar-refractivity contribution < 1.29 is 29.1 Å². The highest BCUT2D eigenvalue weighted by Crippen LogP contribution is 2.41. The average Bonchev–Trinajstić information content (AvgIpc) is 2.93. The fourth-order valence-corrected chi connectivity index (χ4v) is 5.54. The van der Waals surface area contributed by atoms with E-state index in [1.54, 1.807) is 38.6 Å². The number of ether oxygens (including phenoxy) is 2. The van der Waals surface area contributed by atoms with E-state index in [1.807, 2.05) is 0 Å². The molecular weight excluding hydrogens is 532 g/mol. The van der Waals surface area contributed by atoms with Gasteiger partial charge in [-0.2, -0.15) is 0 Å². The smallest absolute Gasteiger partial charge is 0.336 e. The van der Waals surface area contributed by atoms with Crippen LogP contribution in [-0.2, 0) is 25.5 Å². The van der Waals surface area contributed by atoms with Gasteiger partial charge in [0.05, 0.1) is 23.7 Å². The van der Waals surface area contributed by atoms with Crippen molar-refractivity contribution in [3.63, 3.8) is 0 Å². The van der Waals surface area contributed by atoms with Gasteiger partial charge in [-0.3, -0.25) is 19.9 Å². The Morgan fingerprint density at radius 3 is 2.50 bits per heavy atom. The molecule has 0 amide bonds. The maximum atomic E-state index is 13.4. The third kappa shape index (κ3) is 8.25. The molecular formula is C30H36N2O7S. The van der Waals surface area contributed by atoms with Crippen LogP contribution < -0.4 is 0 Å². The lowest BCUT2D eigenvalue weighted by molar-refractivity contribution is -0.384. The molecule has 0 fully saturated rings. The van der Waals surface area contributed by atoms with Gasteiger partial charge < -0.3 is 14.6 Å². The van der Waals surface area contributed by atoms with E-state index in [2.05, 4.69) is 29.3 Å². The van der Waals surface area contributed by atoms with E-state index in [0.717, 1.165) is 29.9 Å². The zero-order valence-corrected chi connectivity index (χ0v) is 23.9. The van der Waals surface area contributed by atoms with E-state index in [0.29, 0.717) is 23.4 Å². The molecule has 2 aromatic rings. The second-order valence-electron chi connectivity index (χ2n) is 9.47. The minimum atomic E-state index is -0.907. The number of nitrogens with zero attached hydrogens (tertiary/aromatic N) is 2. The Morgan fingerprint density at radius 2 is 1.82 bits per heavy atom. The number of nitro benzene ring substituents is 1. The topological polar surface area (TPSA) is 128 Å². The van der Waals surface area contributed by atoms with Crippen LogP contribution in [0.1, 0.15) is 57.1 Å². The van der Waals surface area contributed by atoms with E-state index < -0.39 is 28.7 Å². The van der Waals surface area contributed by atoms with Crippen LogP contribution in [0.4, 0.5) is 5.69 Å². The molecule has 0 aromatic heterocycles. The van der Waals surface area contributed by atoms with E-state index in [1.165, 1.54) is 23.8 Å². The molecule has 9 nitrogen and oxygen atoms in total. The molecule has 3 rings (SSSR count). The predicted octanol–water partition coefficient (Wildman–Crippen LogP) is 5.65. The molecule has 1 aliphatic heterocycles. The van der Waals surface area contributed by atoms with Gasteiger partial charge in [-0.25, -0.2) is 4.79 Å². The molecule has 214 valence electrons. The van der Waals surface area contributed by atoms with Gasteiger partial charge in [0.25, 0.3) is 5.69 Å². The maximum Gasteiger partial charge on any atom is 0.336 e. The summed E-state index contributed by atoms with van der Waals surface area (Å²) in [5.41, 5.74) is 2.63. The number of carbonyl (C=O) groups is 2. The number of allylic oxidation sites excluding steroid dienone is 1.